The molecule has 2 aromatic carbocycles. The Bertz CT molecular complexity index is 971. The number of ether oxygens (including phenoxy) is 1. The van der Waals surface area contributed by atoms with Crippen molar-refractivity contribution in [3.63, 3.8) is 0 Å². The average molecular weight is 371 g/mol. The molecule has 28 heavy (non-hydrogen) atoms. The fourth-order valence-electron chi connectivity index (χ4n) is 4.48. The van der Waals surface area contributed by atoms with Gasteiger partial charge in [0.05, 0.1) is 24.3 Å². The van der Waals surface area contributed by atoms with E-state index in [4.69, 9.17) is 9.72 Å². The Kier molecular flexibility index (Phi) is 4.46. The largest absolute Gasteiger partial charge is 0.376 e. The van der Waals surface area contributed by atoms with Crippen LogP contribution in [0.2, 0.25) is 0 Å². The molecule has 0 radical (unpaired) electrons. The minimum absolute atomic E-state index is 0.0231. The van der Waals surface area contributed by atoms with Gasteiger partial charge < -0.3 is 4.74 Å². The molecule has 0 saturated carbocycles. The zero-order valence-corrected chi connectivity index (χ0v) is 16.3. The Labute approximate surface area is 166 Å². The lowest BCUT2D eigenvalue weighted by Crippen LogP contribution is -2.40. The Morgan fingerprint density at radius 1 is 1.07 bits per heavy atom. The van der Waals surface area contributed by atoms with E-state index < -0.39 is 0 Å². The molecule has 142 valence electrons. The van der Waals surface area contributed by atoms with Crippen molar-refractivity contribution in [2.45, 2.75) is 31.9 Å². The van der Waals surface area contributed by atoms with Crippen LogP contribution in [0, 0.1) is 6.92 Å². The molecule has 1 saturated heterocycles. The Morgan fingerprint density at radius 2 is 1.89 bits per heavy atom. The number of nitrogens with zero attached hydrogens (tertiary/aromatic N) is 3. The maximum atomic E-state index is 5.99. The maximum absolute atomic E-state index is 5.99. The van der Waals surface area contributed by atoms with Gasteiger partial charge in [-0.05, 0) is 25.5 Å². The average Bonchev–Trinajstić information content (AvgIpc) is 3.13. The van der Waals surface area contributed by atoms with Crippen LogP contribution < -0.4 is 0 Å². The van der Waals surface area contributed by atoms with Crippen molar-refractivity contribution in [1.82, 2.24) is 14.9 Å². The first-order valence-electron chi connectivity index (χ1n) is 9.99. The number of fused-ring (bicyclic) bond motifs is 2. The summed E-state index contributed by atoms with van der Waals surface area (Å²) in [5.74, 6) is 0.817. The molecule has 1 fully saturated rings. The van der Waals surface area contributed by atoms with Crippen LogP contribution in [0.4, 0.5) is 0 Å². The number of rotatable bonds is 3. The van der Waals surface area contributed by atoms with Gasteiger partial charge in [0.2, 0.25) is 0 Å². The van der Waals surface area contributed by atoms with Gasteiger partial charge in [0.1, 0.15) is 0 Å². The van der Waals surface area contributed by atoms with Crippen molar-refractivity contribution < 1.29 is 4.74 Å². The molecule has 0 amide bonds. The van der Waals surface area contributed by atoms with E-state index in [0.29, 0.717) is 6.61 Å². The van der Waals surface area contributed by atoms with E-state index in [9.17, 15) is 0 Å². The summed E-state index contributed by atoms with van der Waals surface area (Å²) in [4.78, 5) is 12.2. The summed E-state index contributed by atoms with van der Waals surface area (Å²) in [5, 5.41) is 0. The predicted molar refractivity (Wildman–Crippen MR) is 110 cm³/mol. The smallest absolute Gasteiger partial charge is 0.159 e. The van der Waals surface area contributed by atoms with Gasteiger partial charge >= 0.3 is 0 Å². The van der Waals surface area contributed by atoms with E-state index in [-0.39, 0.29) is 5.41 Å². The van der Waals surface area contributed by atoms with E-state index in [0.717, 1.165) is 49.6 Å². The van der Waals surface area contributed by atoms with Gasteiger partial charge in [-0.2, -0.15) is 0 Å². The van der Waals surface area contributed by atoms with E-state index >= 15 is 0 Å². The van der Waals surface area contributed by atoms with Gasteiger partial charge in [-0.1, -0.05) is 60.2 Å². The highest BCUT2D eigenvalue weighted by atomic mass is 16.5. The Morgan fingerprint density at radius 3 is 2.71 bits per heavy atom. The van der Waals surface area contributed by atoms with E-state index in [1.165, 1.54) is 16.8 Å². The lowest BCUT2D eigenvalue weighted by molar-refractivity contribution is 0.0503. The minimum Gasteiger partial charge on any atom is -0.376 e. The molecule has 4 heteroatoms. The van der Waals surface area contributed by atoms with Crippen LogP contribution in [0.5, 0.6) is 0 Å². The van der Waals surface area contributed by atoms with E-state index in [1.807, 2.05) is 24.4 Å². The molecule has 3 aromatic rings. The first kappa shape index (κ1) is 17.5. The third-order valence-electron chi connectivity index (χ3n) is 5.99. The van der Waals surface area contributed by atoms with Crippen molar-refractivity contribution in [2.75, 3.05) is 19.7 Å². The summed E-state index contributed by atoms with van der Waals surface area (Å²) in [6, 6.07) is 19.1. The van der Waals surface area contributed by atoms with Crippen molar-refractivity contribution in [2.24, 2.45) is 0 Å². The highest BCUT2D eigenvalue weighted by Gasteiger charge is 2.44. The second kappa shape index (κ2) is 7.12. The standard InChI is InChI=1S/C24H25N3O/c1-18-7-9-19(10-8-18)14-27-12-11-24(16-27)17-28-15-21-13-25-23(26-22(21)24)20-5-3-2-4-6-20/h2-10,13H,11-12,14-17H2,1H3. The van der Waals surface area contributed by atoms with Crippen LogP contribution in [0.25, 0.3) is 11.4 Å². The number of hydrogen-bond donors (Lipinski definition) is 0. The SMILES string of the molecule is Cc1ccc(CN2CCC3(COCc4cnc(-c5ccccc5)nc43)C2)cc1. The molecule has 1 spiro atoms. The number of aromatic nitrogens is 2. The van der Waals surface area contributed by atoms with Crippen molar-refractivity contribution in [3.8, 4) is 11.4 Å². The van der Waals surface area contributed by atoms with Crippen molar-refractivity contribution in [1.29, 1.82) is 0 Å². The van der Waals surface area contributed by atoms with Gasteiger partial charge in [-0.15, -0.1) is 0 Å². The highest BCUT2D eigenvalue weighted by molar-refractivity contribution is 5.55. The van der Waals surface area contributed by atoms with Gasteiger partial charge in [-0.25, -0.2) is 9.97 Å². The third-order valence-corrected chi connectivity index (χ3v) is 5.99. The van der Waals surface area contributed by atoms with Gasteiger partial charge in [0.15, 0.2) is 5.82 Å². The molecule has 2 aliphatic heterocycles. The predicted octanol–water partition coefficient (Wildman–Crippen LogP) is 4.13. The second-order valence-electron chi connectivity index (χ2n) is 8.15. The van der Waals surface area contributed by atoms with Crippen LogP contribution in [0.1, 0.15) is 28.8 Å². The monoisotopic (exact) mass is 371 g/mol. The molecule has 2 aliphatic rings. The van der Waals surface area contributed by atoms with E-state index in [1.54, 1.807) is 0 Å². The Hall–Kier alpha value is -2.56. The van der Waals surface area contributed by atoms with Crippen LogP contribution in [-0.4, -0.2) is 34.6 Å². The Balaban J connectivity index is 1.43. The van der Waals surface area contributed by atoms with Gasteiger partial charge in [0, 0.05) is 30.4 Å². The molecule has 1 aromatic heterocycles. The summed E-state index contributed by atoms with van der Waals surface area (Å²) >= 11 is 0. The lowest BCUT2D eigenvalue weighted by Gasteiger charge is -2.34. The number of benzene rings is 2. The summed E-state index contributed by atoms with van der Waals surface area (Å²) in [6.07, 6.45) is 3.05. The number of aryl methyl sites for hydroxylation is 1. The van der Waals surface area contributed by atoms with Gasteiger partial charge in [0.25, 0.3) is 0 Å². The first-order valence-corrected chi connectivity index (χ1v) is 9.99. The van der Waals surface area contributed by atoms with Crippen LogP contribution >= 0.6 is 0 Å². The molecule has 5 rings (SSSR count). The molecule has 1 unspecified atom stereocenters. The first-order chi connectivity index (χ1) is 13.7. The molecule has 1 atom stereocenters. The topological polar surface area (TPSA) is 38.2 Å². The van der Waals surface area contributed by atoms with Crippen LogP contribution in [-0.2, 0) is 23.3 Å². The summed E-state index contributed by atoms with van der Waals surface area (Å²) in [7, 11) is 0. The highest BCUT2D eigenvalue weighted by Crippen LogP contribution is 2.40. The normalized spacial score (nSPS) is 21.8. The summed E-state index contributed by atoms with van der Waals surface area (Å²) in [5.41, 5.74) is 6.06. The third kappa shape index (κ3) is 3.23. The van der Waals surface area contributed by atoms with Crippen molar-refractivity contribution >= 4 is 0 Å². The van der Waals surface area contributed by atoms with Crippen LogP contribution in [0.3, 0.4) is 0 Å². The summed E-state index contributed by atoms with van der Waals surface area (Å²) in [6.45, 7) is 6.53. The molecular weight excluding hydrogens is 346 g/mol. The lowest BCUT2D eigenvalue weighted by atomic mass is 9.80. The molecular formula is C24H25N3O. The van der Waals surface area contributed by atoms with Crippen molar-refractivity contribution in [3.05, 3.63) is 83.2 Å². The van der Waals surface area contributed by atoms with Gasteiger partial charge in [-0.3, -0.25) is 4.90 Å². The molecule has 0 N–H and O–H groups in total. The number of hydrogen-bond acceptors (Lipinski definition) is 4. The fraction of sp³-hybridized carbons (Fsp3) is 0.333. The quantitative estimate of drug-likeness (QED) is 0.694. The number of likely N-dealkylation sites (tertiary alicyclic amines) is 1. The summed E-state index contributed by atoms with van der Waals surface area (Å²) < 4.78 is 5.99. The zero-order chi connectivity index (χ0) is 19.0. The molecule has 4 nitrogen and oxygen atoms in total. The molecule has 0 aliphatic carbocycles. The van der Waals surface area contributed by atoms with Crippen LogP contribution in [0.15, 0.2) is 60.8 Å². The van der Waals surface area contributed by atoms with E-state index in [2.05, 4.69) is 53.2 Å². The maximum Gasteiger partial charge on any atom is 0.159 e. The molecule has 0 bridgehead atoms. The second-order valence-corrected chi connectivity index (χ2v) is 8.15. The minimum atomic E-state index is -0.0231. The molecule has 3 heterocycles. The zero-order valence-electron chi connectivity index (χ0n) is 16.3. The fourth-order valence-corrected chi connectivity index (χ4v) is 4.48.